The molecule has 1 aromatic heterocycles. The predicted molar refractivity (Wildman–Crippen MR) is 95.8 cm³/mol. The zero-order valence-corrected chi connectivity index (χ0v) is 15.2. The van der Waals surface area contributed by atoms with Crippen LogP contribution >= 0.6 is 0 Å². The van der Waals surface area contributed by atoms with Crippen LogP contribution in [0.2, 0.25) is 0 Å². The number of carbonyl (C=O) groups is 1. The number of hydrogen-bond donors (Lipinski definition) is 1. The molecule has 0 unspecified atom stereocenters. The second-order valence-corrected chi connectivity index (χ2v) is 5.51. The van der Waals surface area contributed by atoms with Gasteiger partial charge >= 0.3 is 5.69 Å². The maximum Gasteiger partial charge on any atom is 0.312 e. The second kappa shape index (κ2) is 8.32. The van der Waals surface area contributed by atoms with Gasteiger partial charge < -0.3 is 14.8 Å². The average molecular weight is 362 g/mol. The van der Waals surface area contributed by atoms with Crippen molar-refractivity contribution in [3.63, 3.8) is 0 Å². The van der Waals surface area contributed by atoms with Gasteiger partial charge in [-0.05, 0) is 39.8 Å². The number of nitro groups is 1. The van der Waals surface area contributed by atoms with Gasteiger partial charge in [-0.1, -0.05) is 0 Å². The van der Waals surface area contributed by atoms with Gasteiger partial charge in [0.25, 0.3) is 0 Å². The molecular formula is C17H22N4O5. The highest BCUT2D eigenvalue weighted by atomic mass is 16.6. The van der Waals surface area contributed by atoms with Crippen molar-refractivity contribution in [2.24, 2.45) is 0 Å². The van der Waals surface area contributed by atoms with Crippen molar-refractivity contribution in [2.75, 3.05) is 18.5 Å². The Hall–Kier alpha value is -3.10. The molecule has 0 aliphatic rings. The summed E-state index contributed by atoms with van der Waals surface area (Å²) in [7, 11) is 0. The maximum absolute atomic E-state index is 12.4. The normalized spacial score (nSPS) is 10.5. The Labute approximate surface area is 151 Å². The van der Waals surface area contributed by atoms with Crippen LogP contribution in [0.15, 0.2) is 18.2 Å². The van der Waals surface area contributed by atoms with E-state index in [9.17, 15) is 14.9 Å². The molecule has 1 aromatic carbocycles. The molecule has 140 valence electrons. The van der Waals surface area contributed by atoms with Crippen molar-refractivity contribution in [1.29, 1.82) is 0 Å². The van der Waals surface area contributed by atoms with Crippen LogP contribution in [0.5, 0.6) is 11.5 Å². The molecule has 1 N–H and O–H groups in total. The lowest BCUT2D eigenvalue weighted by Crippen LogP contribution is -2.21. The number of nitrogens with one attached hydrogen (secondary N) is 1. The van der Waals surface area contributed by atoms with Gasteiger partial charge in [-0.15, -0.1) is 0 Å². The van der Waals surface area contributed by atoms with Crippen molar-refractivity contribution >= 4 is 17.3 Å². The largest absolute Gasteiger partial charge is 0.494 e. The molecule has 1 amide bonds. The molecule has 0 saturated heterocycles. The van der Waals surface area contributed by atoms with Crippen molar-refractivity contribution in [1.82, 2.24) is 9.78 Å². The van der Waals surface area contributed by atoms with Gasteiger partial charge in [0.15, 0.2) is 0 Å². The number of aromatic nitrogens is 2. The average Bonchev–Trinajstić information content (AvgIpc) is 2.84. The second-order valence-electron chi connectivity index (χ2n) is 5.51. The quantitative estimate of drug-likeness (QED) is 0.571. The van der Waals surface area contributed by atoms with Crippen molar-refractivity contribution in [3.8, 4) is 11.5 Å². The lowest BCUT2D eigenvalue weighted by atomic mass is 10.2. The third-order valence-electron chi connectivity index (χ3n) is 3.66. The number of hydrogen-bond acceptors (Lipinski definition) is 6. The summed E-state index contributed by atoms with van der Waals surface area (Å²) in [5.41, 5.74) is 0.995. The van der Waals surface area contributed by atoms with Gasteiger partial charge in [-0.25, -0.2) is 0 Å². The minimum absolute atomic E-state index is 0.0776. The number of aryl methyl sites for hydroxylation is 1. The third kappa shape index (κ3) is 4.29. The van der Waals surface area contributed by atoms with Gasteiger partial charge in [0.2, 0.25) is 5.91 Å². The highest BCUT2D eigenvalue weighted by molar-refractivity contribution is 5.92. The molecule has 2 aromatic rings. The fourth-order valence-corrected chi connectivity index (χ4v) is 2.58. The lowest BCUT2D eigenvalue weighted by Gasteiger charge is -2.13. The van der Waals surface area contributed by atoms with Crippen LogP contribution in [0.25, 0.3) is 0 Å². The van der Waals surface area contributed by atoms with E-state index >= 15 is 0 Å². The summed E-state index contributed by atoms with van der Waals surface area (Å²) in [5, 5.41) is 17.9. The van der Waals surface area contributed by atoms with Crippen molar-refractivity contribution in [2.45, 2.75) is 34.2 Å². The molecule has 26 heavy (non-hydrogen) atoms. The van der Waals surface area contributed by atoms with E-state index in [4.69, 9.17) is 9.47 Å². The first-order chi connectivity index (χ1) is 12.4. The number of nitrogens with zero attached hydrogens (tertiary/aromatic N) is 3. The van der Waals surface area contributed by atoms with E-state index in [0.29, 0.717) is 36.1 Å². The van der Waals surface area contributed by atoms with Gasteiger partial charge in [-0.3, -0.25) is 19.6 Å². The minimum Gasteiger partial charge on any atom is -0.494 e. The first-order valence-corrected chi connectivity index (χ1v) is 8.25. The molecule has 0 fully saturated rings. The molecule has 9 heteroatoms. The Morgan fingerprint density at radius 1 is 1.27 bits per heavy atom. The summed E-state index contributed by atoms with van der Waals surface area (Å²) in [4.78, 5) is 23.0. The topological polar surface area (TPSA) is 109 Å². The highest BCUT2D eigenvalue weighted by Gasteiger charge is 2.23. The Balaban J connectivity index is 2.20. The zero-order chi connectivity index (χ0) is 19.3. The van der Waals surface area contributed by atoms with Gasteiger partial charge in [-0.2, -0.15) is 5.10 Å². The number of benzene rings is 1. The highest BCUT2D eigenvalue weighted by Crippen LogP contribution is 2.29. The summed E-state index contributed by atoms with van der Waals surface area (Å²) >= 11 is 0. The maximum atomic E-state index is 12.4. The summed E-state index contributed by atoms with van der Waals surface area (Å²) in [5.74, 6) is 0.747. The molecule has 2 rings (SSSR count). The number of amides is 1. The van der Waals surface area contributed by atoms with Crippen molar-refractivity contribution in [3.05, 3.63) is 39.7 Å². The Morgan fingerprint density at radius 2 is 1.96 bits per heavy atom. The van der Waals surface area contributed by atoms with E-state index in [-0.39, 0.29) is 23.8 Å². The summed E-state index contributed by atoms with van der Waals surface area (Å²) in [6.07, 6.45) is 0. The zero-order valence-electron chi connectivity index (χ0n) is 15.2. The van der Waals surface area contributed by atoms with Crippen molar-refractivity contribution < 1.29 is 19.2 Å². The van der Waals surface area contributed by atoms with Crippen LogP contribution in [0.4, 0.5) is 11.4 Å². The monoisotopic (exact) mass is 362 g/mol. The van der Waals surface area contributed by atoms with Crippen LogP contribution < -0.4 is 14.8 Å². The summed E-state index contributed by atoms with van der Waals surface area (Å²) in [6.45, 7) is 7.61. The third-order valence-corrected chi connectivity index (χ3v) is 3.66. The number of carbonyl (C=O) groups excluding carboxylic acids is 1. The van der Waals surface area contributed by atoms with E-state index < -0.39 is 4.92 Å². The summed E-state index contributed by atoms with van der Waals surface area (Å²) < 4.78 is 12.3. The molecule has 0 atom stereocenters. The van der Waals surface area contributed by atoms with Crippen LogP contribution in [-0.2, 0) is 11.3 Å². The molecule has 0 radical (unpaired) electrons. The fraction of sp³-hybridized carbons (Fsp3) is 0.412. The molecule has 0 aliphatic heterocycles. The van der Waals surface area contributed by atoms with E-state index in [1.165, 1.54) is 11.6 Å². The predicted octanol–water partition coefficient (Wildman–Crippen LogP) is 2.84. The number of ether oxygens (including phenoxy) is 2. The number of rotatable bonds is 8. The lowest BCUT2D eigenvalue weighted by molar-refractivity contribution is -0.386. The molecule has 0 spiro atoms. The standard InChI is InChI=1S/C17H22N4O5/c1-5-25-13-7-8-15(26-6-2)14(9-13)18-16(22)10-20-12(4)17(21(23)24)11(3)19-20/h7-9H,5-6,10H2,1-4H3,(H,18,22). The Morgan fingerprint density at radius 3 is 2.54 bits per heavy atom. The Bertz CT molecular complexity index is 816. The van der Waals surface area contributed by atoms with E-state index in [0.717, 1.165) is 0 Å². The van der Waals surface area contributed by atoms with Crippen LogP contribution in [0, 0.1) is 24.0 Å². The minimum atomic E-state index is -0.495. The summed E-state index contributed by atoms with van der Waals surface area (Å²) in [6, 6.07) is 5.16. The Kier molecular flexibility index (Phi) is 6.16. The molecule has 0 saturated carbocycles. The van der Waals surface area contributed by atoms with Gasteiger partial charge in [0.05, 0.1) is 23.8 Å². The first kappa shape index (κ1) is 19.2. The van der Waals surface area contributed by atoms with Gasteiger partial charge in [0.1, 0.15) is 29.4 Å². The van der Waals surface area contributed by atoms with Crippen LogP contribution in [0.1, 0.15) is 25.2 Å². The molecule has 0 bridgehead atoms. The van der Waals surface area contributed by atoms with E-state index in [1.807, 2.05) is 13.8 Å². The number of anilines is 1. The van der Waals surface area contributed by atoms with Gasteiger partial charge in [0, 0.05) is 6.07 Å². The molecule has 9 nitrogen and oxygen atoms in total. The van der Waals surface area contributed by atoms with Crippen LogP contribution in [0.3, 0.4) is 0 Å². The first-order valence-electron chi connectivity index (χ1n) is 8.25. The SMILES string of the molecule is CCOc1ccc(OCC)c(NC(=O)Cn2nc(C)c([N+](=O)[O-])c2C)c1. The van der Waals surface area contributed by atoms with E-state index in [1.54, 1.807) is 25.1 Å². The van der Waals surface area contributed by atoms with Crippen LogP contribution in [-0.4, -0.2) is 33.8 Å². The fourth-order valence-electron chi connectivity index (χ4n) is 2.58. The van der Waals surface area contributed by atoms with E-state index in [2.05, 4.69) is 10.4 Å². The smallest absolute Gasteiger partial charge is 0.312 e. The molecule has 1 heterocycles. The molecule has 0 aliphatic carbocycles. The molecular weight excluding hydrogens is 340 g/mol.